The predicted octanol–water partition coefficient (Wildman–Crippen LogP) is 2.63. The molecule has 0 bridgehead atoms. The molecule has 1 aromatic carbocycles. The summed E-state index contributed by atoms with van der Waals surface area (Å²) in [5.74, 6) is 0.571. The molecular weight excluding hydrogens is 320 g/mol. The molecule has 0 spiro atoms. The van der Waals surface area contributed by atoms with E-state index in [1.165, 1.54) is 0 Å². The van der Waals surface area contributed by atoms with Crippen LogP contribution in [0.25, 0.3) is 0 Å². The fraction of sp³-hybridized carbons (Fsp3) is 0.500. The van der Waals surface area contributed by atoms with Gasteiger partial charge in [0, 0.05) is 6.54 Å². The van der Waals surface area contributed by atoms with Crippen LogP contribution < -0.4 is 0 Å². The number of hydrogen-bond acceptors (Lipinski definition) is 5. The quantitative estimate of drug-likeness (QED) is 0.856. The molecule has 1 fully saturated rings. The van der Waals surface area contributed by atoms with Gasteiger partial charge in [0.2, 0.25) is 0 Å². The van der Waals surface area contributed by atoms with Gasteiger partial charge in [-0.1, -0.05) is 30.3 Å². The van der Waals surface area contributed by atoms with Crippen molar-refractivity contribution in [3.63, 3.8) is 0 Å². The van der Waals surface area contributed by atoms with Gasteiger partial charge in [0.05, 0.1) is 19.8 Å². The number of morpholine rings is 1. The zero-order valence-electron chi connectivity index (χ0n) is 14.9. The van der Waals surface area contributed by atoms with Gasteiger partial charge in [-0.15, -0.1) is 0 Å². The van der Waals surface area contributed by atoms with Crippen molar-refractivity contribution >= 4 is 6.09 Å². The van der Waals surface area contributed by atoms with Crippen LogP contribution in [0.5, 0.6) is 0 Å². The van der Waals surface area contributed by atoms with Gasteiger partial charge in [0.15, 0.2) is 5.82 Å². The lowest BCUT2D eigenvalue weighted by atomic mass is 10.2. The third-order valence-corrected chi connectivity index (χ3v) is 3.80. The van der Waals surface area contributed by atoms with Crippen LogP contribution in [0.2, 0.25) is 0 Å². The molecule has 25 heavy (non-hydrogen) atoms. The number of carbonyl (C=O) groups is 1. The SMILES string of the molecule is CC(C)(C)OC(=O)N1CCOCC1c1ncn(Cc2ccccc2)n1. The van der Waals surface area contributed by atoms with Crippen molar-refractivity contribution in [1.82, 2.24) is 19.7 Å². The van der Waals surface area contributed by atoms with Crippen LogP contribution >= 0.6 is 0 Å². The monoisotopic (exact) mass is 344 g/mol. The maximum Gasteiger partial charge on any atom is 0.411 e. The van der Waals surface area contributed by atoms with Crippen LogP contribution in [0.15, 0.2) is 36.7 Å². The molecule has 0 saturated carbocycles. The number of amides is 1. The molecule has 1 amide bonds. The molecule has 0 radical (unpaired) electrons. The summed E-state index contributed by atoms with van der Waals surface area (Å²) in [7, 11) is 0. The maximum absolute atomic E-state index is 12.5. The first-order valence-electron chi connectivity index (χ1n) is 8.43. The molecule has 7 heteroatoms. The lowest BCUT2D eigenvalue weighted by Crippen LogP contribution is -2.46. The lowest BCUT2D eigenvalue weighted by Gasteiger charge is -2.35. The largest absolute Gasteiger partial charge is 0.444 e. The molecule has 1 atom stereocenters. The molecule has 134 valence electrons. The smallest absolute Gasteiger partial charge is 0.411 e. The Hall–Kier alpha value is -2.41. The van der Waals surface area contributed by atoms with Gasteiger partial charge in [-0.25, -0.2) is 14.5 Å². The Morgan fingerprint density at radius 3 is 2.80 bits per heavy atom. The average molecular weight is 344 g/mol. The Bertz CT molecular complexity index is 709. The van der Waals surface area contributed by atoms with Crippen LogP contribution in [-0.4, -0.2) is 51.1 Å². The number of ether oxygens (including phenoxy) is 2. The summed E-state index contributed by atoms with van der Waals surface area (Å²) >= 11 is 0. The Labute approximate surface area is 147 Å². The van der Waals surface area contributed by atoms with E-state index in [1.807, 2.05) is 51.1 Å². The zero-order valence-corrected chi connectivity index (χ0v) is 14.9. The molecule has 7 nitrogen and oxygen atoms in total. The minimum atomic E-state index is -0.542. The molecule has 1 aliphatic rings. The van der Waals surface area contributed by atoms with Gasteiger partial charge in [-0.2, -0.15) is 5.10 Å². The fourth-order valence-corrected chi connectivity index (χ4v) is 2.67. The van der Waals surface area contributed by atoms with Gasteiger partial charge in [0.1, 0.15) is 18.0 Å². The Balaban J connectivity index is 1.73. The van der Waals surface area contributed by atoms with Crippen molar-refractivity contribution in [3.8, 4) is 0 Å². The first-order chi connectivity index (χ1) is 11.9. The highest BCUT2D eigenvalue weighted by Gasteiger charge is 2.34. The third kappa shape index (κ3) is 4.57. The standard InChI is InChI=1S/C18H24N4O3/c1-18(2,3)25-17(23)22-9-10-24-12-15(22)16-19-13-21(20-16)11-14-7-5-4-6-8-14/h4-8,13,15H,9-12H2,1-3H3. The van der Waals surface area contributed by atoms with E-state index in [4.69, 9.17) is 9.47 Å². The van der Waals surface area contributed by atoms with E-state index in [2.05, 4.69) is 10.1 Å². The number of rotatable bonds is 3. The molecule has 1 aromatic heterocycles. The van der Waals surface area contributed by atoms with Gasteiger partial charge in [0.25, 0.3) is 0 Å². The van der Waals surface area contributed by atoms with E-state index in [0.717, 1.165) is 5.56 Å². The Kier molecular flexibility index (Phi) is 5.03. The van der Waals surface area contributed by atoms with Crippen LogP contribution in [0.1, 0.15) is 38.2 Å². The van der Waals surface area contributed by atoms with Crippen molar-refractivity contribution in [2.24, 2.45) is 0 Å². The average Bonchev–Trinajstić information content (AvgIpc) is 3.02. The molecule has 1 saturated heterocycles. The summed E-state index contributed by atoms with van der Waals surface area (Å²) in [6.07, 6.45) is 1.32. The van der Waals surface area contributed by atoms with E-state index in [-0.39, 0.29) is 12.1 Å². The zero-order chi connectivity index (χ0) is 17.9. The molecule has 2 heterocycles. The number of carbonyl (C=O) groups excluding carboxylic acids is 1. The van der Waals surface area contributed by atoms with Crippen molar-refractivity contribution in [2.45, 2.75) is 39.0 Å². The van der Waals surface area contributed by atoms with Crippen molar-refractivity contribution < 1.29 is 14.3 Å². The second kappa shape index (κ2) is 7.23. The molecule has 0 N–H and O–H groups in total. The maximum atomic E-state index is 12.5. The second-order valence-corrected chi connectivity index (χ2v) is 7.05. The van der Waals surface area contributed by atoms with E-state index >= 15 is 0 Å². The minimum Gasteiger partial charge on any atom is -0.444 e. The molecule has 0 aliphatic carbocycles. The highest BCUT2D eigenvalue weighted by atomic mass is 16.6. The number of hydrogen-bond donors (Lipinski definition) is 0. The fourth-order valence-electron chi connectivity index (χ4n) is 2.67. The first kappa shape index (κ1) is 17.4. The Morgan fingerprint density at radius 1 is 1.32 bits per heavy atom. The number of benzene rings is 1. The normalized spacial score (nSPS) is 18.2. The van der Waals surface area contributed by atoms with E-state index < -0.39 is 5.60 Å². The van der Waals surface area contributed by atoms with Gasteiger partial charge >= 0.3 is 6.09 Å². The van der Waals surface area contributed by atoms with Gasteiger partial charge in [-0.05, 0) is 26.3 Å². The van der Waals surface area contributed by atoms with E-state index in [9.17, 15) is 4.79 Å². The molecular formula is C18H24N4O3. The van der Waals surface area contributed by atoms with Crippen LogP contribution in [0, 0.1) is 0 Å². The predicted molar refractivity (Wildman–Crippen MR) is 92.1 cm³/mol. The van der Waals surface area contributed by atoms with E-state index in [1.54, 1.807) is 15.9 Å². The van der Waals surface area contributed by atoms with Gasteiger partial charge < -0.3 is 9.47 Å². The molecule has 3 rings (SSSR count). The summed E-state index contributed by atoms with van der Waals surface area (Å²) in [5, 5.41) is 4.53. The first-order valence-corrected chi connectivity index (χ1v) is 8.43. The number of nitrogens with zero attached hydrogens (tertiary/aromatic N) is 4. The highest BCUT2D eigenvalue weighted by Crippen LogP contribution is 2.24. The van der Waals surface area contributed by atoms with Crippen molar-refractivity contribution in [3.05, 3.63) is 48.0 Å². The highest BCUT2D eigenvalue weighted by molar-refractivity contribution is 5.68. The second-order valence-electron chi connectivity index (χ2n) is 7.05. The van der Waals surface area contributed by atoms with Crippen molar-refractivity contribution in [1.29, 1.82) is 0 Å². The summed E-state index contributed by atoms with van der Waals surface area (Å²) in [6.45, 7) is 7.52. The molecule has 1 aliphatic heterocycles. The third-order valence-electron chi connectivity index (χ3n) is 3.80. The van der Waals surface area contributed by atoms with Gasteiger partial charge in [-0.3, -0.25) is 4.90 Å². The number of aromatic nitrogens is 3. The van der Waals surface area contributed by atoms with Crippen molar-refractivity contribution in [2.75, 3.05) is 19.8 Å². The van der Waals surface area contributed by atoms with Crippen LogP contribution in [0.4, 0.5) is 4.79 Å². The topological polar surface area (TPSA) is 69.5 Å². The summed E-state index contributed by atoms with van der Waals surface area (Å²) in [5.41, 5.74) is 0.600. The Morgan fingerprint density at radius 2 is 2.08 bits per heavy atom. The summed E-state index contributed by atoms with van der Waals surface area (Å²) in [4.78, 5) is 18.5. The minimum absolute atomic E-state index is 0.333. The summed E-state index contributed by atoms with van der Waals surface area (Å²) < 4.78 is 12.8. The van der Waals surface area contributed by atoms with Crippen LogP contribution in [0.3, 0.4) is 0 Å². The van der Waals surface area contributed by atoms with E-state index in [0.29, 0.717) is 32.1 Å². The summed E-state index contributed by atoms with van der Waals surface area (Å²) in [6, 6.07) is 9.71. The molecule has 2 aromatic rings. The lowest BCUT2D eigenvalue weighted by molar-refractivity contribution is -0.0351. The molecule has 1 unspecified atom stereocenters. The van der Waals surface area contributed by atoms with Crippen LogP contribution in [-0.2, 0) is 16.0 Å².